The summed E-state index contributed by atoms with van der Waals surface area (Å²) in [5, 5.41) is 0. The molecule has 2 aromatic carbocycles. The van der Waals surface area contributed by atoms with E-state index in [1.165, 1.54) is 6.20 Å². The van der Waals surface area contributed by atoms with Gasteiger partial charge < -0.3 is 10.6 Å². The summed E-state index contributed by atoms with van der Waals surface area (Å²) < 4.78 is 42.6. The zero-order chi connectivity index (χ0) is 19.9. The molecule has 0 radical (unpaired) electrons. The number of hydrogen-bond acceptors (Lipinski definition) is 4. The lowest BCUT2D eigenvalue weighted by molar-refractivity contribution is 0.417. The molecule has 1 aromatic heterocycles. The molecule has 1 aliphatic heterocycles. The van der Waals surface area contributed by atoms with Crippen molar-refractivity contribution >= 4 is 5.96 Å². The number of aliphatic imine (C=N–C) groups is 1. The number of likely N-dealkylation sites (N-methyl/N-ethyl adjacent to an activating group) is 1. The Labute approximate surface area is 160 Å². The molecule has 7 heteroatoms. The zero-order valence-corrected chi connectivity index (χ0v) is 15.0. The second-order valence-electron chi connectivity index (χ2n) is 6.75. The first-order valence-corrected chi connectivity index (χ1v) is 8.63. The van der Waals surface area contributed by atoms with Crippen molar-refractivity contribution in [1.29, 1.82) is 0 Å². The van der Waals surface area contributed by atoms with Crippen LogP contribution < -0.4 is 5.73 Å². The van der Waals surface area contributed by atoms with Crippen LogP contribution in [0.25, 0.3) is 11.1 Å². The predicted octanol–water partition coefficient (Wildman–Crippen LogP) is 3.67. The van der Waals surface area contributed by atoms with Crippen molar-refractivity contribution in [2.75, 3.05) is 13.6 Å². The molecule has 2 heterocycles. The monoisotopic (exact) mass is 382 g/mol. The molecule has 0 saturated heterocycles. The van der Waals surface area contributed by atoms with Gasteiger partial charge in [0.1, 0.15) is 23.0 Å². The minimum absolute atomic E-state index is 0.121. The summed E-state index contributed by atoms with van der Waals surface area (Å²) in [5.41, 5.74) is 6.39. The van der Waals surface area contributed by atoms with Crippen LogP contribution in [0.15, 0.2) is 65.9 Å². The molecular weight excluding hydrogens is 365 g/mol. The van der Waals surface area contributed by atoms with Crippen molar-refractivity contribution in [2.24, 2.45) is 10.7 Å². The third-order valence-electron chi connectivity index (χ3n) is 4.96. The van der Waals surface area contributed by atoms with Crippen molar-refractivity contribution in [1.82, 2.24) is 9.88 Å². The highest BCUT2D eigenvalue weighted by molar-refractivity contribution is 5.82. The van der Waals surface area contributed by atoms with Crippen LogP contribution in [-0.2, 0) is 5.54 Å². The SMILES string of the molecule is CN1CC(c2cccc(-c3cc(F)ccc3F)c2)(c2ccncc2F)N=C1N. The van der Waals surface area contributed by atoms with Crippen LogP contribution in [-0.4, -0.2) is 29.4 Å². The van der Waals surface area contributed by atoms with Gasteiger partial charge in [-0.25, -0.2) is 18.2 Å². The van der Waals surface area contributed by atoms with Crippen LogP contribution in [0.1, 0.15) is 11.1 Å². The molecule has 0 bridgehead atoms. The van der Waals surface area contributed by atoms with Gasteiger partial charge in [0, 0.05) is 24.4 Å². The fourth-order valence-electron chi connectivity index (χ4n) is 3.57. The Kier molecular flexibility index (Phi) is 4.30. The molecule has 1 unspecified atom stereocenters. The molecule has 0 aliphatic carbocycles. The molecule has 0 saturated carbocycles. The first-order valence-electron chi connectivity index (χ1n) is 8.63. The number of rotatable bonds is 3. The molecule has 1 aliphatic rings. The Bertz CT molecular complexity index is 1080. The number of benzene rings is 2. The van der Waals surface area contributed by atoms with E-state index in [9.17, 15) is 13.2 Å². The smallest absolute Gasteiger partial charge is 0.192 e. The second-order valence-corrected chi connectivity index (χ2v) is 6.75. The highest BCUT2D eigenvalue weighted by Gasteiger charge is 2.42. The summed E-state index contributed by atoms with van der Waals surface area (Å²) in [6, 6.07) is 11.7. The van der Waals surface area contributed by atoms with Gasteiger partial charge in [0.25, 0.3) is 0 Å². The Morgan fingerprint density at radius 2 is 1.86 bits per heavy atom. The van der Waals surface area contributed by atoms with Crippen molar-refractivity contribution in [3.05, 3.63) is 89.5 Å². The van der Waals surface area contributed by atoms with Gasteiger partial charge in [-0.15, -0.1) is 0 Å². The summed E-state index contributed by atoms with van der Waals surface area (Å²) in [6.07, 6.45) is 2.61. The van der Waals surface area contributed by atoms with Crippen LogP contribution in [0, 0.1) is 17.5 Å². The molecule has 3 aromatic rings. The van der Waals surface area contributed by atoms with Crippen molar-refractivity contribution < 1.29 is 13.2 Å². The van der Waals surface area contributed by atoms with Crippen molar-refractivity contribution in [3.63, 3.8) is 0 Å². The Morgan fingerprint density at radius 3 is 2.57 bits per heavy atom. The minimum atomic E-state index is -1.12. The van der Waals surface area contributed by atoms with E-state index in [1.54, 1.807) is 42.3 Å². The summed E-state index contributed by atoms with van der Waals surface area (Å²) in [7, 11) is 1.76. The van der Waals surface area contributed by atoms with E-state index in [4.69, 9.17) is 5.73 Å². The highest BCUT2D eigenvalue weighted by Crippen LogP contribution is 2.40. The molecule has 2 N–H and O–H groups in total. The van der Waals surface area contributed by atoms with E-state index in [2.05, 4.69) is 9.98 Å². The topological polar surface area (TPSA) is 54.5 Å². The second kappa shape index (κ2) is 6.67. The molecule has 142 valence electrons. The van der Waals surface area contributed by atoms with E-state index >= 15 is 0 Å². The Hall–Kier alpha value is -3.35. The molecule has 0 amide bonds. The number of guanidine groups is 1. The van der Waals surface area contributed by atoms with Crippen molar-refractivity contribution in [3.8, 4) is 11.1 Å². The Morgan fingerprint density at radius 1 is 1.04 bits per heavy atom. The zero-order valence-electron chi connectivity index (χ0n) is 15.0. The van der Waals surface area contributed by atoms with E-state index in [0.29, 0.717) is 23.2 Å². The molecule has 4 rings (SSSR count). The van der Waals surface area contributed by atoms with Gasteiger partial charge in [-0.1, -0.05) is 18.2 Å². The number of pyridine rings is 1. The maximum atomic E-state index is 14.7. The quantitative estimate of drug-likeness (QED) is 0.752. The Balaban J connectivity index is 1.92. The van der Waals surface area contributed by atoms with Crippen molar-refractivity contribution in [2.45, 2.75) is 5.54 Å². The van der Waals surface area contributed by atoms with Gasteiger partial charge in [0.05, 0.1) is 12.7 Å². The van der Waals surface area contributed by atoms with Crippen LogP contribution in [0.2, 0.25) is 0 Å². The largest absolute Gasteiger partial charge is 0.370 e. The fourth-order valence-corrected chi connectivity index (χ4v) is 3.57. The number of halogens is 3. The lowest BCUT2D eigenvalue weighted by atomic mass is 9.82. The molecule has 1 atom stereocenters. The number of nitrogens with two attached hydrogens (primary N) is 1. The highest BCUT2D eigenvalue weighted by atomic mass is 19.1. The lowest BCUT2D eigenvalue weighted by Gasteiger charge is -2.28. The number of hydrogen-bond donors (Lipinski definition) is 1. The van der Waals surface area contributed by atoms with Gasteiger partial charge >= 0.3 is 0 Å². The van der Waals surface area contributed by atoms with E-state index in [0.717, 1.165) is 24.4 Å². The first-order chi connectivity index (χ1) is 13.4. The average Bonchev–Trinajstić information content (AvgIpc) is 3.00. The molecular formula is C21H17F3N4. The fraction of sp³-hybridized carbons (Fsp3) is 0.143. The standard InChI is InChI=1S/C21H17F3N4/c1-28-12-21(27-20(28)25,17-7-8-26-11-19(17)24)14-4-2-3-13(9-14)16-10-15(22)5-6-18(16)23/h2-11H,12H2,1H3,(H2,25,27). The predicted molar refractivity (Wildman–Crippen MR) is 101 cm³/mol. The van der Waals surface area contributed by atoms with Crippen LogP contribution in [0.5, 0.6) is 0 Å². The summed E-state index contributed by atoms with van der Waals surface area (Å²) in [4.78, 5) is 10.1. The summed E-state index contributed by atoms with van der Waals surface area (Å²) in [5.74, 6) is -1.34. The maximum absolute atomic E-state index is 14.7. The van der Waals surface area contributed by atoms with E-state index in [1.807, 2.05) is 0 Å². The van der Waals surface area contributed by atoms with E-state index < -0.39 is 23.0 Å². The van der Waals surface area contributed by atoms with Gasteiger partial charge in [0.2, 0.25) is 0 Å². The molecule has 28 heavy (non-hydrogen) atoms. The molecule has 4 nitrogen and oxygen atoms in total. The molecule has 0 spiro atoms. The third kappa shape index (κ3) is 2.89. The normalized spacial score (nSPS) is 19.0. The molecule has 0 fully saturated rings. The number of nitrogens with zero attached hydrogens (tertiary/aromatic N) is 3. The lowest BCUT2D eigenvalue weighted by Crippen LogP contribution is -2.35. The first kappa shape index (κ1) is 18.0. The van der Waals surface area contributed by atoms with Gasteiger partial charge in [-0.3, -0.25) is 4.98 Å². The van der Waals surface area contributed by atoms with Crippen LogP contribution in [0.4, 0.5) is 13.2 Å². The maximum Gasteiger partial charge on any atom is 0.192 e. The summed E-state index contributed by atoms with van der Waals surface area (Å²) in [6.45, 7) is 0.300. The van der Waals surface area contributed by atoms with Gasteiger partial charge in [-0.2, -0.15) is 0 Å². The van der Waals surface area contributed by atoms with Crippen LogP contribution >= 0.6 is 0 Å². The van der Waals surface area contributed by atoms with Crippen LogP contribution in [0.3, 0.4) is 0 Å². The van der Waals surface area contributed by atoms with E-state index in [-0.39, 0.29) is 11.5 Å². The van der Waals surface area contributed by atoms with Gasteiger partial charge in [0.15, 0.2) is 5.96 Å². The number of aromatic nitrogens is 1. The summed E-state index contributed by atoms with van der Waals surface area (Å²) >= 11 is 0. The third-order valence-corrected chi connectivity index (χ3v) is 4.96. The average molecular weight is 382 g/mol. The van der Waals surface area contributed by atoms with Gasteiger partial charge in [-0.05, 0) is 41.5 Å². The minimum Gasteiger partial charge on any atom is -0.370 e.